The summed E-state index contributed by atoms with van der Waals surface area (Å²) in [5, 5.41) is 26.3. The van der Waals surface area contributed by atoms with Crippen LogP contribution in [-0.2, 0) is 28.7 Å². The number of ether oxygens (including phenoxy) is 1. The summed E-state index contributed by atoms with van der Waals surface area (Å²) < 4.78 is 5.80. The summed E-state index contributed by atoms with van der Waals surface area (Å²) >= 11 is 0. The van der Waals surface area contributed by atoms with E-state index in [1.165, 1.54) is 6.42 Å². The fourth-order valence-electron chi connectivity index (χ4n) is 10.1. The normalized spacial score (nSPS) is 38.3. The van der Waals surface area contributed by atoms with Gasteiger partial charge in [0.15, 0.2) is 0 Å². The number of hydrogen-bond acceptors (Lipinski definition) is 13. The van der Waals surface area contributed by atoms with E-state index in [9.17, 15) is 24.0 Å². The van der Waals surface area contributed by atoms with Crippen LogP contribution < -0.4 is 42.6 Å². The Hall–Kier alpha value is -2.57. The molecule has 9 unspecified atom stereocenters. The van der Waals surface area contributed by atoms with Gasteiger partial charge in [-0.15, -0.1) is 0 Å². The molecule has 2 aliphatic carbocycles. The lowest BCUT2D eigenvalue weighted by Crippen LogP contribution is -2.71. The molecule has 5 saturated heterocycles. The Labute approximate surface area is 306 Å². The number of hydrazine groups is 1. The Balaban J connectivity index is 0.772. The van der Waals surface area contributed by atoms with Crippen molar-refractivity contribution in [1.82, 2.24) is 52.6 Å². The Bertz CT molecular complexity index is 1310. The van der Waals surface area contributed by atoms with Gasteiger partial charge in [-0.05, 0) is 64.3 Å². The van der Waals surface area contributed by atoms with Gasteiger partial charge in [0.05, 0.1) is 31.2 Å². The van der Waals surface area contributed by atoms with Gasteiger partial charge in [0, 0.05) is 75.0 Å². The lowest BCUT2D eigenvalue weighted by Gasteiger charge is -2.45. The Morgan fingerprint density at radius 1 is 0.942 bits per heavy atom. The zero-order valence-electron chi connectivity index (χ0n) is 30.6. The van der Waals surface area contributed by atoms with Crippen molar-refractivity contribution < 1.29 is 28.7 Å². The fourth-order valence-corrected chi connectivity index (χ4v) is 10.1. The molecule has 7 rings (SSSR count). The number of carbonyl (C=O) groups is 5. The minimum atomic E-state index is -0.910. The van der Waals surface area contributed by atoms with Gasteiger partial charge in [-0.1, -0.05) is 13.3 Å². The van der Waals surface area contributed by atoms with Gasteiger partial charge in [0.2, 0.25) is 29.5 Å². The molecule has 5 aliphatic heterocycles. The molecule has 7 aliphatic rings. The van der Waals surface area contributed by atoms with E-state index in [2.05, 4.69) is 54.6 Å². The van der Waals surface area contributed by atoms with Gasteiger partial charge in [-0.3, -0.25) is 55.6 Å². The second-order valence-corrected chi connectivity index (χ2v) is 16.0. The van der Waals surface area contributed by atoms with Crippen molar-refractivity contribution in [2.45, 2.75) is 114 Å². The molecule has 16 nitrogen and oxygen atoms in total. The molecule has 0 aromatic heterocycles. The molecule has 2 saturated carbocycles. The molecule has 7 fully saturated rings. The Kier molecular flexibility index (Phi) is 12.5. The summed E-state index contributed by atoms with van der Waals surface area (Å²) in [5.41, 5.74) is 3.60. The lowest BCUT2D eigenvalue weighted by molar-refractivity contribution is -0.151. The number of rotatable bonds is 14. The molecular formula is C36H60N10O6. The smallest absolute Gasteiger partial charge is 0.249 e. The molecule has 16 heteroatoms. The zero-order valence-corrected chi connectivity index (χ0v) is 30.6. The number of hydrogen-bond donors (Lipinski definition) is 8. The fraction of sp³-hybridized carbons (Fsp3) is 0.861. The highest BCUT2D eigenvalue weighted by atomic mass is 16.5. The van der Waals surface area contributed by atoms with Crippen LogP contribution in [0.5, 0.6) is 0 Å². The molecule has 5 heterocycles. The molecule has 5 amide bonds. The van der Waals surface area contributed by atoms with Gasteiger partial charge < -0.3 is 20.7 Å². The van der Waals surface area contributed by atoms with Crippen LogP contribution >= 0.6 is 0 Å². The lowest BCUT2D eigenvalue weighted by atomic mass is 9.77. The second-order valence-electron chi connectivity index (χ2n) is 16.0. The summed E-state index contributed by atoms with van der Waals surface area (Å²) in [4.78, 5) is 64.7. The van der Waals surface area contributed by atoms with Crippen molar-refractivity contribution in [1.29, 1.82) is 0 Å². The number of amides is 5. The van der Waals surface area contributed by atoms with Crippen LogP contribution in [-0.4, -0.2) is 129 Å². The van der Waals surface area contributed by atoms with E-state index < -0.39 is 23.8 Å². The van der Waals surface area contributed by atoms with Crippen molar-refractivity contribution in [2.75, 3.05) is 52.5 Å². The third-order valence-corrected chi connectivity index (χ3v) is 12.7. The van der Waals surface area contributed by atoms with Gasteiger partial charge in [0.1, 0.15) is 12.3 Å². The largest absolute Gasteiger partial charge is 0.378 e. The highest BCUT2D eigenvalue weighted by Crippen LogP contribution is 2.40. The Morgan fingerprint density at radius 3 is 2.58 bits per heavy atom. The van der Waals surface area contributed by atoms with Gasteiger partial charge in [-0.2, -0.15) is 0 Å². The maximum atomic E-state index is 13.4. The zero-order chi connectivity index (χ0) is 36.2. The molecule has 52 heavy (non-hydrogen) atoms. The first-order chi connectivity index (χ1) is 25.3. The van der Waals surface area contributed by atoms with E-state index in [0.717, 1.165) is 76.0 Å². The van der Waals surface area contributed by atoms with Crippen LogP contribution in [0.2, 0.25) is 0 Å². The molecule has 290 valence electrons. The summed E-state index contributed by atoms with van der Waals surface area (Å²) in [6.45, 7) is 8.24. The summed E-state index contributed by atoms with van der Waals surface area (Å²) in [6.07, 6.45) is 8.85. The number of likely N-dealkylation sites (tertiary alicyclic amines) is 1. The highest BCUT2D eigenvalue weighted by Gasteiger charge is 2.55. The minimum Gasteiger partial charge on any atom is -0.378 e. The average Bonchev–Trinajstić information content (AvgIpc) is 3.87. The number of imide groups is 2. The van der Waals surface area contributed by atoms with E-state index >= 15 is 0 Å². The van der Waals surface area contributed by atoms with E-state index in [4.69, 9.17) is 4.74 Å². The van der Waals surface area contributed by atoms with E-state index in [1.54, 1.807) is 0 Å². The molecule has 0 radical (unpaired) electrons. The summed E-state index contributed by atoms with van der Waals surface area (Å²) in [7, 11) is 0. The van der Waals surface area contributed by atoms with Crippen molar-refractivity contribution in [3.05, 3.63) is 0 Å². The highest BCUT2D eigenvalue weighted by molar-refractivity contribution is 6.11. The Morgan fingerprint density at radius 2 is 1.77 bits per heavy atom. The predicted octanol–water partition coefficient (Wildman–Crippen LogP) is -1.56. The third-order valence-electron chi connectivity index (χ3n) is 12.7. The SMILES string of the molecule is CCCN1CC(C2NC(NC3CCC(C(=O)NCCOCCNC4CCCC5C(=O)N(C6CCC(=O)NC6=O)C(=O)C45)CC3)NC3NCCC32)CN1. The average molecular weight is 729 g/mol. The van der Waals surface area contributed by atoms with Crippen LogP contribution in [0.3, 0.4) is 0 Å². The summed E-state index contributed by atoms with van der Waals surface area (Å²) in [6, 6.07) is -0.273. The van der Waals surface area contributed by atoms with Gasteiger partial charge in [0.25, 0.3) is 0 Å². The maximum Gasteiger partial charge on any atom is 0.249 e. The number of nitrogens with one attached hydrogen (secondary N) is 8. The standard InChI is InChI=1S/C36H60N10O6/c1-2-16-45-20-22(19-40-45)30-25-12-13-38-31(25)44-36(43-30)41-23-8-6-21(7-9-23)32(48)39-15-18-52-17-14-37-26-5-3-4-24-29(26)35(51)46(34(24)50)27-10-11-28(47)42-33(27)49/h21-27,29-31,36-38,40-41,43-44H,2-20H2,1H3,(H,39,48)(H,42,47,49). The first-order valence-corrected chi connectivity index (χ1v) is 20.1. The summed E-state index contributed by atoms with van der Waals surface area (Å²) in [5.74, 6) is -1.23. The molecular weight excluding hydrogens is 668 g/mol. The van der Waals surface area contributed by atoms with Crippen LogP contribution in [0.25, 0.3) is 0 Å². The maximum absolute atomic E-state index is 13.4. The number of fused-ring (bicyclic) bond motifs is 2. The molecule has 9 atom stereocenters. The molecule has 8 N–H and O–H groups in total. The first kappa shape index (κ1) is 37.7. The minimum absolute atomic E-state index is 0.0142. The van der Waals surface area contributed by atoms with Crippen molar-refractivity contribution >= 4 is 29.5 Å². The quantitative estimate of drug-likeness (QED) is 0.0757. The van der Waals surface area contributed by atoms with Crippen LogP contribution in [0.15, 0.2) is 0 Å². The monoisotopic (exact) mass is 728 g/mol. The third kappa shape index (κ3) is 8.38. The number of piperidine rings is 1. The molecule has 0 aromatic carbocycles. The van der Waals surface area contributed by atoms with E-state index in [0.29, 0.717) is 62.8 Å². The van der Waals surface area contributed by atoms with E-state index in [1.807, 2.05) is 0 Å². The molecule has 0 aromatic rings. The second kappa shape index (κ2) is 17.3. The first-order valence-electron chi connectivity index (χ1n) is 20.1. The topological polar surface area (TPSA) is 197 Å². The number of carbonyl (C=O) groups excluding carboxylic acids is 5. The molecule has 0 spiro atoms. The molecule has 0 bridgehead atoms. The van der Waals surface area contributed by atoms with Crippen molar-refractivity contribution in [3.63, 3.8) is 0 Å². The van der Waals surface area contributed by atoms with E-state index in [-0.39, 0.29) is 54.7 Å². The number of nitrogens with zero attached hydrogens (tertiary/aromatic N) is 2. The van der Waals surface area contributed by atoms with Crippen molar-refractivity contribution in [3.8, 4) is 0 Å². The van der Waals surface area contributed by atoms with Crippen molar-refractivity contribution in [2.24, 2.45) is 29.6 Å². The predicted molar refractivity (Wildman–Crippen MR) is 190 cm³/mol. The van der Waals surface area contributed by atoms with Crippen LogP contribution in [0, 0.1) is 29.6 Å². The van der Waals surface area contributed by atoms with Gasteiger partial charge in [-0.25, -0.2) is 5.01 Å². The van der Waals surface area contributed by atoms with Gasteiger partial charge >= 0.3 is 0 Å². The van der Waals surface area contributed by atoms with Crippen LogP contribution in [0.1, 0.15) is 77.6 Å². The van der Waals surface area contributed by atoms with Crippen LogP contribution in [0.4, 0.5) is 0 Å².